The maximum atomic E-state index is 12.7. The minimum absolute atomic E-state index is 1.57. The molecule has 0 aliphatic heterocycles. The van der Waals surface area contributed by atoms with Crippen molar-refractivity contribution in [1.82, 2.24) is 0 Å². The Kier molecular flexibility index (Phi) is 5.62. The second-order valence-electron chi connectivity index (χ2n) is 4.09. The summed E-state index contributed by atoms with van der Waals surface area (Å²) in [6, 6.07) is 0. The predicted octanol–water partition coefficient (Wildman–Crippen LogP) is 3.48. The largest absolute Gasteiger partial charge is 0.476 e. The molecule has 0 bridgehead atoms. The van der Waals surface area contributed by atoms with Gasteiger partial charge in [-0.25, -0.2) is 4.79 Å². The van der Waals surface area contributed by atoms with Crippen LogP contribution in [0.25, 0.3) is 0 Å². The summed E-state index contributed by atoms with van der Waals surface area (Å²) in [5, 5.41) is 0. The summed E-state index contributed by atoms with van der Waals surface area (Å²) in [5.74, 6) is -12.6. The molecule has 0 N–H and O–H groups in total. The number of carbonyl (C=O) groups is 1. The van der Waals surface area contributed by atoms with Crippen LogP contribution < -0.4 is 0 Å². The molecule has 0 aromatic rings. The summed E-state index contributed by atoms with van der Waals surface area (Å²) in [4.78, 5) is 10.7. The minimum atomic E-state index is -8.38. The van der Waals surface area contributed by atoms with Crippen LogP contribution in [-0.4, -0.2) is 49.7 Å². The van der Waals surface area contributed by atoms with Crippen molar-refractivity contribution in [3.63, 3.8) is 0 Å². The number of rotatable bonds is 4. The van der Waals surface area contributed by atoms with Crippen molar-refractivity contribution in [3.05, 3.63) is 0 Å². The highest BCUT2D eigenvalue weighted by Crippen LogP contribution is 2.53. The lowest BCUT2D eigenvalue weighted by atomic mass is 10.1. The van der Waals surface area contributed by atoms with Crippen molar-refractivity contribution in [2.75, 3.05) is 0 Å². The van der Waals surface area contributed by atoms with Crippen LogP contribution in [0.1, 0.15) is 0 Å². The Bertz CT molecular complexity index is 638. The average Bonchev–Trinajstić information content (AvgIpc) is 2.19. The van der Waals surface area contributed by atoms with E-state index in [1.807, 2.05) is 0 Å². The summed E-state index contributed by atoms with van der Waals surface area (Å²) in [6.07, 6.45) is -30.3. The molecular weight excluding hydrogens is 446 g/mol. The lowest BCUT2D eigenvalue weighted by Gasteiger charge is -2.33. The van der Waals surface area contributed by atoms with E-state index in [0.29, 0.717) is 0 Å². The van der Waals surface area contributed by atoms with E-state index in [1.165, 1.54) is 0 Å². The van der Waals surface area contributed by atoms with Gasteiger partial charge in [0, 0.05) is 0 Å². The van der Waals surface area contributed by atoms with Gasteiger partial charge < -0.3 is 4.74 Å². The molecule has 0 fully saturated rings. The number of carbonyl (C=O) groups excluding carboxylic acids is 1. The lowest BCUT2D eigenvalue weighted by molar-refractivity contribution is -0.415. The van der Waals surface area contributed by atoms with E-state index in [1.54, 1.807) is 4.74 Å². The molecule has 4 nitrogen and oxygen atoms in total. The molecule has 0 aromatic heterocycles. The fourth-order valence-corrected chi connectivity index (χ4v) is 1.98. The molecular formula is C7F14O4S. The SMILES string of the molecule is O=C(OC(F)(F)C(F)(F)C(F)(F)F)C(C(F)(F)F)(C(F)(F)F)S(=O)(=O)F. The molecule has 0 amide bonds. The van der Waals surface area contributed by atoms with E-state index < -0.39 is 51.5 Å². The van der Waals surface area contributed by atoms with Gasteiger partial charge in [-0.05, 0) is 0 Å². The molecule has 0 aromatic carbocycles. The second kappa shape index (κ2) is 5.98. The van der Waals surface area contributed by atoms with Crippen molar-refractivity contribution in [3.8, 4) is 0 Å². The van der Waals surface area contributed by atoms with Crippen molar-refractivity contribution in [1.29, 1.82) is 0 Å². The van der Waals surface area contributed by atoms with Gasteiger partial charge in [0.1, 0.15) is 0 Å². The van der Waals surface area contributed by atoms with Crippen molar-refractivity contribution in [2.45, 2.75) is 35.3 Å². The molecule has 0 aliphatic rings. The Hall–Kier alpha value is -1.56. The maximum Gasteiger partial charge on any atom is 0.476 e. The van der Waals surface area contributed by atoms with Crippen molar-refractivity contribution < 1.29 is 78.9 Å². The molecule has 0 aliphatic carbocycles. The number of halogens is 14. The Labute approximate surface area is 131 Å². The Balaban J connectivity index is 6.62. The van der Waals surface area contributed by atoms with Gasteiger partial charge in [-0.1, -0.05) is 0 Å². The Morgan fingerprint density at radius 2 is 0.962 bits per heavy atom. The van der Waals surface area contributed by atoms with Crippen LogP contribution in [0, 0.1) is 0 Å². The first kappa shape index (κ1) is 24.4. The normalized spacial score (nSPS) is 15.8. The monoisotopic (exact) mass is 446 g/mol. The summed E-state index contributed by atoms with van der Waals surface area (Å²) in [6.45, 7) is 0. The molecule has 19 heteroatoms. The Morgan fingerprint density at radius 3 is 1.15 bits per heavy atom. The number of hydrogen-bond acceptors (Lipinski definition) is 4. The highest BCUT2D eigenvalue weighted by atomic mass is 32.3. The quantitative estimate of drug-likeness (QED) is 0.377. The number of ether oxygens (including phenoxy) is 1. The third kappa shape index (κ3) is 3.48. The zero-order valence-electron chi connectivity index (χ0n) is 10.8. The molecule has 0 atom stereocenters. The summed E-state index contributed by atoms with van der Waals surface area (Å²) in [5.41, 5.74) is 0. The second-order valence-corrected chi connectivity index (χ2v) is 5.58. The molecule has 0 rings (SSSR count). The molecule has 0 unspecified atom stereocenters. The van der Waals surface area contributed by atoms with Gasteiger partial charge in [-0.2, -0.15) is 65.5 Å². The minimum Gasteiger partial charge on any atom is -0.394 e. The van der Waals surface area contributed by atoms with Gasteiger partial charge in [0.25, 0.3) is 0 Å². The maximum absolute atomic E-state index is 12.7. The van der Waals surface area contributed by atoms with E-state index in [-0.39, 0.29) is 0 Å². The molecule has 26 heavy (non-hydrogen) atoms. The van der Waals surface area contributed by atoms with Crippen LogP contribution in [0.3, 0.4) is 0 Å². The summed E-state index contributed by atoms with van der Waals surface area (Å²) < 4.78 is 187. The van der Waals surface area contributed by atoms with Crippen LogP contribution in [-0.2, 0) is 19.8 Å². The highest BCUT2D eigenvalue weighted by molar-refractivity contribution is 7.88. The highest BCUT2D eigenvalue weighted by Gasteiger charge is 2.87. The van der Waals surface area contributed by atoms with Gasteiger partial charge in [-0.3, -0.25) is 0 Å². The number of alkyl halides is 13. The van der Waals surface area contributed by atoms with Gasteiger partial charge >= 0.3 is 51.5 Å². The topological polar surface area (TPSA) is 60.4 Å². The fraction of sp³-hybridized carbons (Fsp3) is 0.857. The van der Waals surface area contributed by atoms with Crippen LogP contribution in [0.2, 0.25) is 0 Å². The zero-order chi connectivity index (χ0) is 21.8. The predicted molar refractivity (Wildman–Crippen MR) is 46.9 cm³/mol. The standard InChI is InChI=1S/C7F14O4S/c8-3(9,6(16,17)18)7(19,20)25-1(22)2(4(10,11)12,5(13,14)15)26(21,23)24. The van der Waals surface area contributed by atoms with Gasteiger partial charge in [0.05, 0.1) is 0 Å². The van der Waals surface area contributed by atoms with E-state index in [9.17, 15) is 74.2 Å². The van der Waals surface area contributed by atoms with Crippen LogP contribution >= 0.6 is 0 Å². The first-order chi connectivity index (χ1) is 10.9. The number of hydrogen-bond donors (Lipinski definition) is 0. The van der Waals surface area contributed by atoms with Crippen molar-refractivity contribution in [2.24, 2.45) is 0 Å². The zero-order valence-corrected chi connectivity index (χ0v) is 11.6. The summed E-state index contributed by atoms with van der Waals surface area (Å²) in [7, 11) is -8.38. The first-order valence-electron chi connectivity index (χ1n) is 5.01. The lowest BCUT2D eigenvalue weighted by Crippen LogP contribution is -2.68. The molecule has 0 spiro atoms. The summed E-state index contributed by atoms with van der Waals surface area (Å²) >= 11 is 0. The average molecular weight is 446 g/mol. The third-order valence-electron chi connectivity index (χ3n) is 2.39. The van der Waals surface area contributed by atoms with E-state index in [2.05, 4.69) is 0 Å². The first-order valence-corrected chi connectivity index (χ1v) is 6.39. The van der Waals surface area contributed by atoms with E-state index in [0.717, 1.165) is 0 Å². The molecule has 0 saturated carbocycles. The van der Waals surface area contributed by atoms with Crippen LogP contribution in [0.5, 0.6) is 0 Å². The van der Waals surface area contributed by atoms with Crippen LogP contribution in [0.15, 0.2) is 0 Å². The van der Waals surface area contributed by atoms with Crippen LogP contribution in [0.4, 0.5) is 61.0 Å². The van der Waals surface area contributed by atoms with E-state index in [4.69, 9.17) is 0 Å². The fourth-order valence-electron chi connectivity index (χ4n) is 1.19. The van der Waals surface area contributed by atoms with Gasteiger partial charge in [-0.15, -0.1) is 3.89 Å². The number of esters is 1. The van der Waals surface area contributed by atoms with E-state index >= 15 is 0 Å². The van der Waals surface area contributed by atoms with Gasteiger partial charge in [0.2, 0.25) is 0 Å². The molecule has 0 saturated heterocycles. The molecule has 0 radical (unpaired) electrons. The molecule has 0 heterocycles. The third-order valence-corrected chi connectivity index (χ3v) is 3.76. The molecule has 156 valence electrons. The van der Waals surface area contributed by atoms with Crippen molar-refractivity contribution >= 4 is 16.2 Å². The van der Waals surface area contributed by atoms with Gasteiger partial charge in [0.15, 0.2) is 0 Å². The smallest absolute Gasteiger partial charge is 0.394 e. The Morgan fingerprint density at radius 1 is 0.654 bits per heavy atom.